The molecule has 0 bridgehead atoms. The van der Waals surface area contributed by atoms with E-state index in [1.807, 2.05) is 27.1 Å². The van der Waals surface area contributed by atoms with Gasteiger partial charge in [0.2, 0.25) is 5.88 Å². The number of nitrogen functional groups attached to an aromatic ring is 1. The molecule has 0 aromatic carbocycles. The van der Waals surface area contributed by atoms with Crippen molar-refractivity contribution in [1.29, 1.82) is 0 Å². The quantitative estimate of drug-likeness (QED) is 0.844. The molecule has 0 saturated heterocycles. The van der Waals surface area contributed by atoms with Crippen LogP contribution in [0.25, 0.3) is 0 Å². The Morgan fingerprint density at radius 3 is 2.56 bits per heavy atom. The monoisotopic (exact) mass is 223 g/mol. The lowest BCUT2D eigenvalue weighted by atomic mass is 10.1. The minimum absolute atomic E-state index is 0.0183. The first-order chi connectivity index (χ1) is 7.33. The molecule has 0 aliphatic rings. The number of aryl methyl sites for hydroxylation is 1. The molecule has 0 amide bonds. The molecule has 4 nitrogen and oxygen atoms in total. The van der Waals surface area contributed by atoms with E-state index in [0.717, 1.165) is 5.56 Å². The predicted octanol–water partition coefficient (Wildman–Crippen LogP) is 1.69. The molecule has 0 saturated carbocycles. The van der Waals surface area contributed by atoms with Crippen molar-refractivity contribution in [2.45, 2.75) is 26.3 Å². The van der Waals surface area contributed by atoms with Crippen LogP contribution in [0.15, 0.2) is 12.3 Å². The molecule has 1 rings (SSSR count). The average molecular weight is 223 g/mol. The van der Waals surface area contributed by atoms with Crippen LogP contribution in [0.3, 0.4) is 0 Å². The molecule has 0 fully saturated rings. The summed E-state index contributed by atoms with van der Waals surface area (Å²) in [7, 11) is 4.07. The molecule has 0 aliphatic carbocycles. The molecule has 0 spiro atoms. The number of hydrogen-bond donors (Lipinski definition) is 1. The molecule has 2 N–H and O–H groups in total. The van der Waals surface area contributed by atoms with Crippen LogP contribution >= 0.6 is 0 Å². The van der Waals surface area contributed by atoms with Gasteiger partial charge in [-0.3, -0.25) is 0 Å². The number of ether oxygens (including phenoxy) is 1. The van der Waals surface area contributed by atoms with Gasteiger partial charge in [-0.25, -0.2) is 4.98 Å². The summed E-state index contributed by atoms with van der Waals surface area (Å²) in [5, 5.41) is 0. The fourth-order valence-corrected chi connectivity index (χ4v) is 1.11. The number of likely N-dealkylation sites (N-methyl/N-ethyl adjacent to an activating group) is 1. The van der Waals surface area contributed by atoms with E-state index in [2.05, 4.69) is 23.7 Å². The third-order valence-electron chi connectivity index (χ3n) is 2.82. The minimum Gasteiger partial charge on any atom is -0.476 e. The van der Waals surface area contributed by atoms with Gasteiger partial charge in [0.1, 0.15) is 6.61 Å². The maximum absolute atomic E-state index is 5.71. The van der Waals surface area contributed by atoms with Crippen molar-refractivity contribution in [3.63, 3.8) is 0 Å². The van der Waals surface area contributed by atoms with E-state index >= 15 is 0 Å². The van der Waals surface area contributed by atoms with Crippen LogP contribution in [-0.2, 0) is 0 Å². The summed E-state index contributed by atoms with van der Waals surface area (Å²) in [6, 6.07) is 1.87. The number of rotatable bonds is 4. The second-order valence-corrected chi connectivity index (χ2v) is 4.89. The first-order valence-electron chi connectivity index (χ1n) is 5.35. The zero-order valence-electron chi connectivity index (χ0n) is 10.7. The normalized spacial score (nSPS) is 11.9. The standard InChI is InChI=1S/C12H21N3O/c1-9-6-10(13)7-14-11(9)16-8-12(2,3)15(4)5/h6-7H,8,13H2,1-5H3. The van der Waals surface area contributed by atoms with Crippen LogP contribution in [0, 0.1) is 6.92 Å². The lowest BCUT2D eigenvalue weighted by molar-refractivity contribution is 0.110. The summed E-state index contributed by atoms with van der Waals surface area (Å²) < 4.78 is 5.71. The highest BCUT2D eigenvalue weighted by molar-refractivity contribution is 5.41. The van der Waals surface area contributed by atoms with Crippen molar-refractivity contribution >= 4 is 5.69 Å². The van der Waals surface area contributed by atoms with Crippen LogP contribution in [0.5, 0.6) is 5.88 Å². The second kappa shape index (κ2) is 4.70. The lowest BCUT2D eigenvalue weighted by Crippen LogP contribution is -2.43. The molecule has 4 heteroatoms. The molecule has 0 radical (unpaired) electrons. The molecular formula is C12H21N3O. The fraction of sp³-hybridized carbons (Fsp3) is 0.583. The van der Waals surface area contributed by atoms with Crippen molar-refractivity contribution < 1.29 is 4.74 Å². The zero-order valence-corrected chi connectivity index (χ0v) is 10.7. The first-order valence-corrected chi connectivity index (χ1v) is 5.35. The summed E-state index contributed by atoms with van der Waals surface area (Å²) in [6.07, 6.45) is 1.62. The SMILES string of the molecule is Cc1cc(N)cnc1OCC(C)(C)N(C)C. The average Bonchev–Trinajstić information content (AvgIpc) is 2.16. The first kappa shape index (κ1) is 12.8. The molecule has 1 aromatic rings. The van der Waals surface area contributed by atoms with Gasteiger partial charge in [-0.1, -0.05) is 0 Å². The maximum atomic E-state index is 5.71. The Labute approximate surface area is 97.4 Å². The topological polar surface area (TPSA) is 51.4 Å². The third-order valence-corrected chi connectivity index (χ3v) is 2.82. The molecule has 90 valence electrons. The van der Waals surface area contributed by atoms with Gasteiger partial charge < -0.3 is 15.4 Å². The van der Waals surface area contributed by atoms with E-state index in [0.29, 0.717) is 18.2 Å². The van der Waals surface area contributed by atoms with E-state index in [1.165, 1.54) is 0 Å². The number of nitrogens with two attached hydrogens (primary N) is 1. The Hall–Kier alpha value is -1.29. The van der Waals surface area contributed by atoms with Gasteiger partial charge in [-0.2, -0.15) is 0 Å². The Kier molecular flexibility index (Phi) is 3.75. The highest BCUT2D eigenvalue weighted by atomic mass is 16.5. The maximum Gasteiger partial charge on any atom is 0.216 e. The number of anilines is 1. The molecule has 16 heavy (non-hydrogen) atoms. The number of aromatic nitrogens is 1. The highest BCUT2D eigenvalue weighted by Crippen LogP contribution is 2.19. The van der Waals surface area contributed by atoms with Crippen molar-refractivity contribution in [3.05, 3.63) is 17.8 Å². The van der Waals surface area contributed by atoms with Crippen LogP contribution in [0.4, 0.5) is 5.69 Å². The van der Waals surface area contributed by atoms with Crippen molar-refractivity contribution in [2.75, 3.05) is 26.4 Å². The molecule has 1 heterocycles. The Bertz CT molecular complexity index is 361. The van der Waals surface area contributed by atoms with E-state index in [-0.39, 0.29) is 5.54 Å². The zero-order chi connectivity index (χ0) is 12.3. The van der Waals surface area contributed by atoms with E-state index < -0.39 is 0 Å². The molecule has 0 unspecified atom stereocenters. The molecule has 0 aliphatic heterocycles. The third kappa shape index (κ3) is 3.10. The Balaban J connectivity index is 2.68. The molecule has 0 atom stereocenters. The number of pyridine rings is 1. The van der Waals surface area contributed by atoms with Gasteiger partial charge in [-0.15, -0.1) is 0 Å². The van der Waals surface area contributed by atoms with Crippen LogP contribution in [0.2, 0.25) is 0 Å². The van der Waals surface area contributed by atoms with Crippen LogP contribution in [0.1, 0.15) is 19.4 Å². The van der Waals surface area contributed by atoms with Gasteiger partial charge in [-0.05, 0) is 40.9 Å². The van der Waals surface area contributed by atoms with Gasteiger partial charge in [0.25, 0.3) is 0 Å². The van der Waals surface area contributed by atoms with Crippen molar-refractivity contribution in [3.8, 4) is 5.88 Å². The minimum atomic E-state index is -0.0183. The van der Waals surface area contributed by atoms with Gasteiger partial charge in [0.05, 0.1) is 11.9 Å². The predicted molar refractivity (Wildman–Crippen MR) is 66.6 cm³/mol. The van der Waals surface area contributed by atoms with Crippen molar-refractivity contribution in [1.82, 2.24) is 9.88 Å². The van der Waals surface area contributed by atoms with E-state index in [9.17, 15) is 0 Å². The Morgan fingerprint density at radius 2 is 2.06 bits per heavy atom. The second-order valence-electron chi connectivity index (χ2n) is 4.89. The van der Waals surface area contributed by atoms with E-state index in [1.54, 1.807) is 6.20 Å². The van der Waals surface area contributed by atoms with Crippen LogP contribution in [-0.4, -0.2) is 36.1 Å². The number of hydrogen-bond acceptors (Lipinski definition) is 4. The lowest BCUT2D eigenvalue weighted by Gasteiger charge is -2.32. The molecular weight excluding hydrogens is 202 g/mol. The fourth-order valence-electron chi connectivity index (χ4n) is 1.11. The number of nitrogens with zero attached hydrogens (tertiary/aromatic N) is 2. The summed E-state index contributed by atoms with van der Waals surface area (Å²) in [5.74, 6) is 0.657. The molecule has 1 aromatic heterocycles. The van der Waals surface area contributed by atoms with Gasteiger partial charge in [0.15, 0.2) is 0 Å². The highest BCUT2D eigenvalue weighted by Gasteiger charge is 2.21. The largest absolute Gasteiger partial charge is 0.476 e. The van der Waals surface area contributed by atoms with Crippen LogP contribution < -0.4 is 10.5 Å². The summed E-state index contributed by atoms with van der Waals surface area (Å²) in [4.78, 5) is 6.30. The Morgan fingerprint density at radius 1 is 1.44 bits per heavy atom. The van der Waals surface area contributed by atoms with E-state index in [4.69, 9.17) is 10.5 Å². The summed E-state index contributed by atoms with van der Waals surface area (Å²) in [6.45, 7) is 6.79. The summed E-state index contributed by atoms with van der Waals surface area (Å²) >= 11 is 0. The van der Waals surface area contributed by atoms with Gasteiger partial charge in [0, 0.05) is 11.1 Å². The van der Waals surface area contributed by atoms with Crippen molar-refractivity contribution in [2.24, 2.45) is 0 Å². The smallest absolute Gasteiger partial charge is 0.216 e. The summed E-state index contributed by atoms with van der Waals surface area (Å²) in [5.41, 5.74) is 7.24. The van der Waals surface area contributed by atoms with Gasteiger partial charge >= 0.3 is 0 Å².